The number of para-hydroxylation sites is 1. The van der Waals surface area contributed by atoms with E-state index in [9.17, 15) is 13.2 Å². The van der Waals surface area contributed by atoms with Crippen LogP contribution in [0.1, 0.15) is 28.8 Å². The number of hydrogen-bond donors (Lipinski definition) is 1. The average molecular weight is 457 g/mol. The zero-order valence-electron chi connectivity index (χ0n) is 18.7. The maximum Gasteiger partial charge on any atom is 0.251 e. The first-order valence-corrected chi connectivity index (χ1v) is 12.8. The van der Waals surface area contributed by atoms with Crippen LogP contribution < -0.4 is 10.2 Å². The molecule has 0 atom stereocenters. The van der Waals surface area contributed by atoms with Gasteiger partial charge in [-0.2, -0.15) is 4.31 Å². The summed E-state index contributed by atoms with van der Waals surface area (Å²) in [7, 11) is -3.54. The normalized spacial score (nSPS) is 18.1. The predicted octanol–water partition coefficient (Wildman–Crippen LogP) is 2.33. The molecule has 2 heterocycles. The Kier molecular flexibility index (Phi) is 7.13. The van der Waals surface area contributed by atoms with Crippen LogP contribution in [0.5, 0.6) is 0 Å². The molecule has 2 aliphatic rings. The third-order valence-corrected chi connectivity index (χ3v) is 8.26. The highest BCUT2D eigenvalue weighted by atomic mass is 32.2. The van der Waals surface area contributed by atoms with Gasteiger partial charge >= 0.3 is 0 Å². The summed E-state index contributed by atoms with van der Waals surface area (Å²) >= 11 is 0. The van der Waals surface area contributed by atoms with Crippen molar-refractivity contribution in [2.75, 3.05) is 57.3 Å². The molecule has 2 aromatic rings. The highest BCUT2D eigenvalue weighted by Crippen LogP contribution is 2.23. The van der Waals surface area contributed by atoms with E-state index >= 15 is 0 Å². The van der Waals surface area contributed by atoms with E-state index in [1.807, 2.05) is 13.0 Å². The van der Waals surface area contributed by atoms with Gasteiger partial charge in [0.1, 0.15) is 0 Å². The van der Waals surface area contributed by atoms with E-state index in [1.54, 1.807) is 12.1 Å². The number of rotatable bonds is 7. The van der Waals surface area contributed by atoms with Crippen molar-refractivity contribution < 1.29 is 13.2 Å². The zero-order chi connectivity index (χ0) is 22.6. The van der Waals surface area contributed by atoms with E-state index in [1.165, 1.54) is 16.1 Å². The highest BCUT2D eigenvalue weighted by Gasteiger charge is 2.28. The number of benzene rings is 2. The van der Waals surface area contributed by atoms with E-state index in [2.05, 4.69) is 39.4 Å². The van der Waals surface area contributed by atoms with Gasteiger partial charge in [0.25, 0.3) is 5.91 Å². The minimum atomic E-state index is -3.54. The van der Waals surface area contributed by atoms with Crippen molar-refractivity contribution in [1.82, 2.24) is 14.5 Å². The first-order valence-electron chi connectivity index (χ1n) is 11.4. The number of carbonyl (C=O) groups excluding carboxylic acids is 1. The Morgan fingerprint density at radius 3 is 2.31 bits per heavy atom. The van der Waals surface area contributed by atoms with Crippen LogP contribution in [0.3, 0.4) is 0 Å². The lowest BCUT2D eigenvalue weighted by atomic mass is 10.1. The summed E-state index contributed by atoms with van der Waals surface area (Å²) in [6.45, 7) is 8.09. The number of amides is 1. The van der Waals surface area contributed by atoms with Crippen LogP contribution in [-0.4, -0.2) is 75.9 Å². The maximum absolute atomic E-state index is 12.9. The number of nitrogens with zero attached hydrogens (tertiary/aromatic N) is 3. The van der Waals surface area contributed by atoms with Gasteiger partial charge in [-0.15, -0.1) is 0 Å². The van der Waals surface area contributed by atoms with E-state index in [-0.39, 0.29) is 10.8 Å². The largest absolute Gasteiger partial charge is 0.369 e. The lowest BCUT2D eigenvalue weighted by Crippen LogP contribution is -2.48. The molecule has 172 valence electrons. The molecule has 32 heavy (non-hydrogen) atoms. The molecule has 2 fully saturated rings. The fourth-order valence-electron chi connectivity index (χ4n) is 4.38. The van der Waals surface area contributed by atoms with Crippen molar-refractivity contribution in [3.63, 3.8) is 0 Å². The predicted molar refractivity (Wildman–Crippen MR) is 127 cm³/mol. The summed E-state index contributed by atoms with van der Waals surface area (Å²) in [5.41, 5.74) is 2.46. The summed E-state index contributed by atoms with van der Waals surface area (Å²) in [5.74, 6) is -0.219. The first-order chi connectivity index (χ1) is 15.4. The lowest BCUT2D eigenvalue weighted by Gasteiger charge is -2.36. The summed E-state index contributed by atoms with van der Waals surface area (Å²) in [6, 6.07) is 15.3. The van der Waals surface area contributed by atoms with Gasteiger partial charge in [0.15, 0.2) is 0 Å². The molecule has 4 rings (SSSR count). The zero-order valence-corrected chi connectivity index (χ0v) is 19.5. The molecule has 2 saturated heterocycles. The Hall–Kier alpha value is -2.42. The molecular formula is C24H32N4O3S. The lowest BCUT2D eigenvalue weighted by molar-refractivity contribution is 0.0947. The van der Waals surface area contributed by atoms with Gasteiger partial charge in [-0.05, 0) is 49.6 Å². The Labute approximate surface area is 191 Å². The van der Waals surface area contributed by atoms with Gasteiger partial charge in [-0.3, -0.25) is 9.69 Å². The van der Waals surface area contributed by atoms with Crippen molar-refractivity contribution in [2.24, 2.45) is 0 Å². The number of piperazine rings is 1. The van der Waals surface area contributed by atoms with E-state index in [4.69, 9.17) is 0 Å². The van der Waals surface area contributed by atoms with Crippen LogP contribution >= 0.6 is 0 Å². The van der Waals surface area contributed by atoms with Crippen molar-refractivity contribution in [3.8, 4) is 0 Å². The monoisotopic (exact) mass is 456 g/mol. The minimum Gasteiger partial charge on any atom is -0.369 e. The molecule has 2 aliphatic heterocycles. The van der Waals surface area contributed by atoms with E-state index in [0.717, 1.165) is 51.1 Å². The van der Waals surface area contributed by atoms with Gasteiger partial charge in [0.2, 0.25) is 10.0 Å². The van der Waals surface area contributed by atoms with Gasteiger partial charge in [-0.1, -0.05) is 24.3 Å². The number of carbonyl (C=O) groups is 1. The van der Waals surface area contributed by atoms with Crippen molar-refractivity contribution in [2.45, 2.75) is 24.7 Å². The van der Waals surface area contributed by atoms with Gasteiger partial charge < -0.3 is 10.2 Å². The number of anilines is 1. The molecule has 7 nitrogen and oxygen atoms in total. The van der Waals surface area contributed by atoms with Crippen molar-refractivity contribution >= 4 is 21.6 Å². The Morgan fingerprint density at radius 1 is 0.938 bits per heavy atom. The summed E-state index contributed by atoms with van der Waals surface area (Å²) in [4.78, 5) is 17.7. The van der Waals surface area contributed by atoms with Crippen LogP contribution in [0.25, 0.3) is 0 Å². The summed E-state index contributed by atoms with van der Waals surface area (Å²) in [6.07, 6.45) is 1.77. The number of hydrogen-bond acceptors (Lipinski definition) is 5. The van der Waals surface area contributed by atoms with Crippen LogP contribution in [-0.2, 0) is 10.0 Å². The van der Waals surface area contributed by atoms with Crippen LogP contribution in [0.4, 0.5) is 5.69 Å². The fourth-order valence-corrected chi connectivity index (χ4v) is 5.92. The minimum absolute atomic E-state index is 0.201. The van der Waals surface area contributed by atoms with Gasteiger partial charge in [0, 0.05) is 63.6 Å². The van der Waals surface area contributed by atoms with Crippen molar-refractivity contribution in [3.05, 3.63) is 59.7 Å². The van der Waals surface area contributed by atoms with Gasteiger partial charge in [-0.25, -0.2) is 8.42 Å². The molecule has 0 aliphatic carbocycles. The summed E-state index contributed by atoms with van der Waals surface area (Å²) in [5, 5.41) is 2.98. The second-order valence-electron chi connectivity index (χ2n) is 8.51. The molecule has 8 heteroatoms. The molecule has 0 aromatic heterocycles. The van der Waals surface area contributed by atoms with E-state index < -0.39 is 10.0 Å². The quantitative estimate of drug-likeness (QED) is 0.692. The molecule has 2 aromatic carbocycles. The molecule has 0 radical (unpaired) electrons. The Morgan fingerprint density at radius 2 is 1.62 bits per heavy atom. The smallest absolute Gasteiger partial charge is 0.251 e. The molecular weight excluding hydrogens is 424 g/mol. The molecule has 1 N–H and O–H groups in total. The summed E-state index contributed by atoms with van der Waals surface area (Å²) < 4.78 is 27.2. The Balaban J connectivity index is 1.30. The highest BCUT2D eigenvalue weighted by molar-refractivity contribution is 7.89. The second kappa shape index (κ2) is 10.0. The molecule has 0 spiro atoms. The van der Waals surface area contributed by atoms with Crippen LogP contribution in [0, 0.1) is 6.92 Å². The average Bonchev–Trinajstić information content (AvgIpc) is 3.36. The molecule has 0 unspecified atom stereocenters. The van der Waals surface area contributed by atoms with E-state index in [0.29, 0.717) is 25.2 Å². The fraction of sp³-hybridized carbons (Fsp3) is 0.458. The number of nitrogens with one attached hydrogen (secondary N) is 1. The Bertz CT molecular complexity index is 1030. The first kappa shape index (κ1) is 22.8. The number of aryl methyl sites for hydroxylation is 1. The van der Waals surface area contributed by atoms with Crippen molar-refractivity contribution in [1.29, 1.82) is 0 Å². The van der Waals surface area contributed by atoms with Crippen LogP contribution in [0.2, 0.25) is 0 Å². The SMILES string of the molecule is Cc1ccc(S(=O)(=O)N2CCCC2)cc1C(=O)NCCN1CCN(c2ccccc2)CC1. The third-order valence-electron chi connectivity index (χ3n) is 6.36. The molecule has 0 bridgehead atoms. The molecule has 0 saturated carbocycles. The third kappa shape index (κ3) is 5.14. The van der Waals surface area contributed by atoms with Gasteiger partial charge in [0.05, 0.1) is 4.90 Å². The standard InChI is InChI=1S/C24H32N4O3S/c1-20-9-10-22(32(30,31)28-12-5-6-13-28)19-23(20)24(29)25-11-14-26-15-17-27(18-16-26)21-7-3-2-4-8-21/h2-4,7-10,19H,5-6,11-18H2,1H3,(H,25,29). The number of sulfonamides is 1. The maximum atomic E-state index is 12.9. The molecule has 1 amide bonds. The van der Waals surface area contributed by atoms with Crippen LogP contribution in [0.15, 0.2) is 53.4 Å². The topological polar surface area (TPSA) is 73.0 Å². The second-order valence-corrected chi connectivity index (χ2v) is 10.4.